The van der Waals surface area contributed by atoms with Gasteiger partial charge >= 0.3 is 5.97 Å². The van der Waals surface area contributed by atoms with Crippen molar-refractivity contribution in [3.05, 3.63) is 29.3 Å². The minimum Gasteiger partial charge on any atom is -0.469 e. The number of hydrogen-bond donors (Lipinski definition) is 2. The van der Waals surface area contributed by atoms with Gasteiger partial charge in [-0.1, -0.05) is 19.9 Å². The molecule has 0 amide bonds. The maximum atomic E-state index is 11.6. The first-order valence-corrected chi connectivity index (χ1v) is 11.5. The lowest BCUT2D eigenvalue weighted by Crippen LogP contribution is -2.44. The highest BCUT2D eigenvalue weighted by Gasteiger charge is 2.29. The number of esters is 1. The average Bonchev–Trinajstić information content (AvgIpc) is 2.82. The van der Waals surface area contributed by atoms with Crippen LogP contribution in [0.5, 0.6) is 0 Å². The molecule has 0 heterocycles. The minimum absolute atomic E-state index is 0.106. The molecule has 0 aromatic heterocycles. The Balaban J connectivity index is 3.05. The predicted molar refractivity (Wildman–Crippen MR) is 127 cm³/mol. The zero-order chi connectivity index (χ0) is 24.2. The Labute approximate surface area is 193 Å². The Bertz CT molecular complexity index is 669. The van der Waals surface area contributed by atoms with Gasteiger partial charge in [-0.2, -0.15) is 0 Å². The lowest BCUT2D eigenvalue weighted by Gasteiger charge is -2.37. The van der Waals surface area contributed by atoms with Gasteiger partial charge in [0.2, 0.25) is 0 Å². The Morgan fingerprint density at radius 1 is 1.00 bits per heavy atom. The van der Waals surface area contributed by atoms with Crippen LogP contribution in [-0.2, 0) is 32.2 Å². The summed E-state index contributed by atoms with van der Waals surface area (Å²) >= 11 is 0. The number of carbonyl (C=O) groups excluding carboxylic acids is 1. The van der Waals surface area contributed by atoms with Gasteiger partial charge in [0, 0.05) is 32.3 Å². The summed E-state index contributed by atoms with van der Waals surface area (Å²) in [5, 5.41) is 19.3. The third kappa shape index (κ3) is 9.06. The number of methoxy groups -OCH3 is 2. The van der Waals surface area contributed by atoms with Crippen LogP contribution in [-0.4, -0.2) is 61.3 Å². The molecule has 1 rings (SSSR count). The number of benzene rings is 1. The van der Waals surface area contributed by atoms with Crippen LogP contribution in [0.2, 0.25) is 0 Å². The van der Waals surface area contributed by atoms with Crippen molar-refractivity contribution >= 4 is 11.7 Å². The third-order valence-electron chi connectivity index (χ3n) is 6.40. The number of aliphatic hydroxyl groups excluding tert-OH is 2. The monoisotopic (exact) mass is 453 g/mol. The molecule has 0 fully saturated rings. The zero-order valence-electron chi connectivity index (χ0n) is 20.8. The van der Waals surface area contributed by atoms with Crippen LogP contribution in [0.4, 0.5) is 5.69 Å². The molecule has 1 aromatic rings. The highest BCUT2D eigenvalue weighted by Crippen LogP contribution is 2.27. The van der Waals surface area contributed by atoms with Crippen molar-refractivity contribution in [1.29, 1.82) is 0 Å². The van der Waals surface area contributed by atoms with Gasteiger partial charge in [-0.05, 0) is 62.8 Å². The van der Waals surface area contributed by atoms with Crippen LogP contribution in [0.3, 0.4) is 0 Å². The maximum absolute atomic E-state index is 11.6. The Hall–Kier alpha value is -1.67. The lowest BCUT2D eigenvalue weighted by atomic mass is 9.98. The van der Waals surface area contributed by atoms with Crippen molar-refractivity contribution in [2.45, 2.75) is 84.2 Å². The summed E-state index contributed by atoms with van der Waals surface area (Å²) in [7, 11) is 3.13. The molecule has 32 heavy (non-hydrogen) atoms. The van der Waals surface area contributed by atoms with E-state index in [0.717, 1.165) is 36.1 Å². The SMILES string of the molecule is CCC(C)(CCOC(C)(CC)CN(CCCC(=O)OC)c1cc(CO)cc(CO)c1)OC. The number of nitrogens with zero attached hydrogens (tertiary/aromatic N) is 1. The Morgan fingerprint density at radius 3 is 2.06 bits per heavy atom. The van der Waals surface area contributed by atoms with Crippen LogP contribution < -0.4 is 4.90 Å². The van der Waals surface area contributed by atoms with Crippen LogP contribution in [0.15, 0.2) is 18.2 Å². The smallest absolute Gasteiger partial charge is 0.305 e. The number of rotatable bonds is 16. The first kappa shape index (κ1) is 28.4. The van der Waals surface area contributed by atoms with E-state index in [1.807, 2.05) is 12.1 Å². The second kappa shape index (κ2) is 13.8. The fourth-order valence-electron chi connectivity index (χ4n) is 3.52. The van der Waals surface area contributed by atoms with Gasteiger partial charge in [0.15, 0.2) is 0 Å². The van der Waals surface area contributed by atoms with E-state index in [0.29, 0.717) is 32.5 Å². The van der Waals surface area contributed by atoms with E-state index in [4.69, 9.17) is 14.2 Å². The van der Waals surface area contributed by atoms with E-state index in [9.17, 15) is 15.0 Å². The molecule has 2 unspecified atom stereocenters. The van der Waals surface area contributed by atoms with E-state index in [1.165, 1.54) is 7.11 Å². The normalized spacial score (nSPS) is 15.1. The molecule has 7 heteroatoms. The van der Waals surface area contributed by atoms with Crippen molar-refractivity contribution < 1.29 is 29.2 Å². The molecule has 0 aliphatic heterocycles. The molecule has 0 radical (unpaired) electrons. The van der Waals surface area contributed by atoms with Crippen molar-refractivity contribution in [1.82, 2.24) is 0 Å². The predicted octanol–water partition coefficient (Wildman–Crippen LogP) is 3.82. The van der Waals surface area contributed by atoms with E-state index in [1.54, 1.807) is 13.2 Å². The molecule has 0 aliphatic carbocycles. The van der Waals surface area contributed by atoms with Gasteiger partial charge in [0.05, 0.1) is 38.1 Å². The fourth-order valence-corrected chi connectivity index (χ4v) is 3.52. The maximum Gasteiger partial charge on any atom is 0.305 e. The molecule has 1 aromatic carbocycles. The van der Waals surface area contributed by atoms with Crippen molar-refractivity contribution in [2.75, 3.05) is 38.8 Å². The highest BCUT2D eigenvalue weighted by atomic mass is 16.5. The Morgan fingerprint density at radius 2 is 1.59 bits per heavy atom. The molecule has 2 N–H and O–H groups in total. The van der Waals surface area contributed by atoms with Crippen LogP contribution >= 0.6 is 0 Å². The van der Waals surface area contributed by atoms with Gasteiger partial charge in [-0.15, -0.1) is 0 Å². The quantitative estimate of drug-likeness (QED) is 0.368. The van der Waals surface area contributed by atoms with Gasteiger partial charge in [0.1, 0.15) is 0 Å². The Kier molecular flexibility index (Phi) is 12.2. The van der Waals surface area contributed by atoms with E-state index < -0.39 is 5.60 Å². The summed E-state index contributed by atoms with van der Waals surface area (Å²) in [6.07, 6.45) is 3.47. The molecular weight excluding hydrogens is 410 g/mol. The fraction of sp³-hybridized carbons (Fsp3) is 0.720. The first-order chi connectivity index (χ1) is 15.2. The van der Waals surface area contributed by atoms with Crippen molar-refractivity contribution in [2.24, 2.45) is 0 Å². The van der Waals surface area contributed by atoms with Crippen molar-refractivity contribution in [3.8, 4) is 0 Å². The topological polar surface area (TPSA) is 88.5 Å². The summed E-state index contributed by atoms with van der Waals surface area (Å²) in [6, 6.07) is 5.64. The molecule has 0 saturated heterocycles. The van der Waals surface area contributed by atoms with E-state index in [2.05, 4.69) is 32.6 Å². The summed E-state index contributed by atoms with van der Waals surface area (Å²) in [4.78, 5) is 13.8. The molecule has 0 aliphatic rings. The van der Waals surface area contributed by atoms with Crippen LogP contribution in [0.25, 0.3) is 0 Å². The van der Waals surface area contributed by atoms with Crippen molar-refractivity contribution in [3.63, 3.8) is 0 Å². The number of aliphatic hydroxyl groups is 2. The van der Waals surface area contributed by atoms with Gasteiger partial charge in [0.25, 0.3) is 0 Å². The van der Waals surface area contributed by atoms with E-state index in [-0.39, 0.29) is 24.8 Å². The largest absolute Gasteiger partial charge is 0.469 e. The standard InChI is InChI=1S/C25H43NO6/c1-7-24(3,31-6)11-13-32-25(4,8-2)19-26(12-9-10-23(29)30-5)22-15-20(17-27)14-21(16-22)18-28/h14-16,27-28H,7-13,17-19H2,1-6H3. The highest BCUT2D eigenvalue weighted by molar-refractivity contribution is 5.69. The number of carbonyl (C=O) groups is 1. The third-order valence-corrected chi connectivity index (χ3v) is 6.40. The molecule has 184 valence electrons. The molecule has 2 atom stereocenters. The van der Waals surface area contributed by atoms with Gasteiger partial charge in [-0.25, -0.2) is 0 Å². The lowest BCUT2D eigenvalue weighted by molar-refractivity contribution is -0.140. The summed E-state index contributed by atoms with van der Waals surface area (Å²) in [6.45, 7) is 10.0. The zero-order valence-corrected chi connectivity index (χ0v) is 20.8. The first-order valence-electron chi connectivity index (χ1n) is 11.5. The summed E-state index contributed by atoms with van der Waals surface area (Å²) in [5.41, 5.74) is 1.75. The van der Waals surface area contributed by atoms with Gasteiger partial charge in [-0.3, -0.25) is 4.79 Å². The summed E-state index contributed by atoms with van der Waals surface area (Å²) < 4.78 is 16.8. The molecule has 0 saturated carbocycles. The number of hydrogen-bond acceptors (Lipinski definition) is 7. The number of anilines is 1. The van der Waals surface area contributed by atoms with E-state index >= 15 is 0 Å². The minimum atomic E-state index is -0.414. The molecule has 0 bridgehead atoms. The number of ether oxygens (including phenoxy) is 3. The summed E-state index contributed by atoms with van der Waals surface area (Å²) in [5.74, 6) is -0.238. The molecule has 7 nitrogen and oxygen atoms in total. The average molecular weight is 454 g/mol. The van der Waals surface area contributed by atoms with Gasteiger partial charge < -0.3 is 29.3 Å². The second-order valence-corrected chi connectivity index (χ2v) is 8.83. The molecular formula is C25H43NO6. The molecule has 0 spiro atoms. The van der Waals surface area contributed by atoms with Crippen LogP contribution in [0, 0.1) is 0 Å². The second-order valence-electron chi connectivity index (χ2n) is 8.83. The van der Waals surface area contributed by atoms with Crippen LogP contribution in [0.1, 0.15) is 70.9 Å².